The van der Waals surface area contributed by atoms with Crippen LogP contribution in [0, 0.1) is 0 Å². The van der Waals surface area contributed by atoms with Gasteiger partial charge < -0.3 is 29.2 Å². The van der Waals surface area contributed by atoms with Crippen LogP contribution in [0.5, 0.6) is 17.2 Å². The molecule has 3 N–H and O–H groups in total. The maximum atomic E-state index is 6.03. The van der Waals surface area contributed by atoms with E-state index in [1.807, 2.05) is 0 Å². The van der Waals surface area contributed by atoms with Gasteiger partial charge in [-0.1, -0.05) is 109 Å². The van der Waals surface area contributed by atoms with Crippen molar-refractivity contribution in [3.63, 3.8) is 0 Å². The zero-order valence-electron chi connectivity index (χ0n) is 38.3. The first-order chi connectivity index (χ1) is 34.0. The summed E-state index contributed by atoms with van der Waals surface area (Å²) in [5.41, 5.74) is 19.3. The molecule has 3 aromatic heterocycles. The number of aromatic nitrogens is 3. The van der Waals surface area contributed by atoms with Gasteiger partial charge in [-0.15, -0.1) is 0 Å². The second-order valence-corrected chi connectivity index (χ2v) is 17.7. The van der Waals surface area contributed by atoms with Crippen LogP contribution in [0.1, 0.15) is 0 Å². The Labute approximate surface area is 398 Å². The van der Waals surface area contributed by atoms with E-state index < -0.39 is 0 Å². The zero-order valence-corrected chi connectivity index (χ0v) is 38.3. The van der Waals surface area contributed by atoms with Crippen LogP contribution in [0.3, 0.4) is 0 Å². The Bertz CT molecular complexity index is 3730. The molecule has 0 atom stereocenters. The minimum absolute atomic E-state index is 0.768. The Morgan fingerprint density at radius 1 is 0.246 bits per heavy atom. The number of ether oxygens (including phenoxy) is 3. The van der Waals surface area contributed by atoms with E-state index in [2.05, 4.69) is 215 Å². The SMILES string of the molecule is COc1ccc(-c2cccc3c2[nH]c2ccccc23)c(-c2cc(-c3cc(OC)ccc3-c3cccc4c3[nH]c3ccccc34)cc(-c3cc(OC)ccc3-c3cccc4c3[nH]c3ccccc34)c2)c1. The Morgan fingerprint density at radius 3 is 0.841 bits per heavy atom. The molecule has 0 amide bonds. The summed E-state index contributed by atoms with van der Waals surface area (Å²) in [6, 6.07) is 71.6. The van der Waals surface area contributed by atoms with Crippen LogP contribution >= 0.6 is 0 Å². The first-order valence-electron chi connectivity index (χ1n) is 23.2. The van der Waals surface area contributed by atoms with Gasteiger partial charge in [0.25, 0.3) is 0 Å². The second kappa shape index (κ2) is 16.1. The van der Waals surface area contributed by atoms with Gasteiger partial charge >= 0.3 is 0 Å². The number of benzene rings is 10. The molecule has 10 aromatic carbocycles. The molecule has 0 spiro atoms. The number of para-hydroxylation sites is 6. The van der Waals surface area contributed by atoms with Crippen molar-refractivity contribution < 1.29 is 14.2 Å². The molecular formula is C63H45N3O3. The number of methoxy groups -OCH3 is 3. The lowest BCUT2D eigenvalue weighted by Crippen LogP contribution is -1.95. The first kappa shape index (κ1) is 40.3. The summed E-state index contributed by atoms with van der Waals surface area (Å²) in [6.07, 6.45) is 0. The van der Waals surface area contributed by atoms with E-state index in [-0.39, 0.29) is 0 Å². The van der Waals surface area contributed by atoms with Crippen molar-refractivity contribution in [1.29, 1.82) is 0 Å². The van der Waals surface area contributed by atoms with Gasteiger partial charge in [0.05, 0.1) is 37.9 Å². The number of hydrogen-bond acceptors (Lipinski definition) is 3. The van der Waals surface area contributed by atoms with Crippen LogP contribution in [-0.4, -0.2) is 36.3 Å². The van der Waals surface area contributed by atoms with E-state index in [0.717, 1.165) is 117 Å². The highest BCUT2D eigenvalue weighted by molar-refractivity contribution is 6.16. The van der Waals surface area contributed by atoms with Gasteiger partial charge in [-0.2, -0.15) is 0 Å². The molecule has 0 fully saturated rings. The molecule has 0 saturated carbocycles. The normalized spacial score (nSPS) is 11.7. The molecule has 0 unspecified atom stereocenters. The van der Waals surface area contributed by atoms with Crippen LogP contribution in [0.4, 0.5) is 0 Å². The molecule has 6 nitrogen and oxygen atoms in total. The van der Waals surface area contributed by atoms with E-state index in [4.69, 9.17) is 14.2 Å². The van der Waals surface area contributed by atoms with Crippen molar-refractivity contribution >= 4 is 65.4 Å². The van der Waals surface area contributed by atoms with E-state index in [1.165, 1.54) is 32.3 Å². The average Bonchev–Trinajstić information content (AvgIpc) is 4.12. The third-order valence-electron chi connectivity index (χ3n) is 14.0. The lowest BCUT2D eigenvalue weighted by atomic mass is 9.85. The van der Waals surface area contributed by atoms with Gasteiger partial charge in [0.2, 0.25) is 0 Å². The van der Waals surface area contributed by atoms with Gasteiger partial charge in [-0.05, 0) is 141 Å². The molecule has 330 valence electrons. The fourth-order valence-corrected chi connectivity index (χ4v) is 10.8. The van der Waals surface area contributed by atoms with Crippen molar-refractivity contribution in [3.05, 3.63) is 200 Å². The van der Waals surface area contributed by atoms with Crippen molar-refractivity contribution in [2.45, 2.75) is 0 Å². The van der Waals surface area contributed by atoms with E-state index >= 15 is 0 Å². The van der Waals surface area contributed by atoms with Crippen LogP contribution in [0.2, 0.25) is 0 Å². The average molecular weight is 892 g/mol. The van der Waals surface area contributed by atoms with Crippen LogP contribution in [0.25, 0.3) is 132 Å². The summed E-state index contributed by atoms with van der Waals surface area (Å²) in [6.45, 7) is 0. The number of hydrogen-bond donors (Lipinski definition) is 3. The fraction of sp³-hybridized carbons (Fsp3) is 0.0476. The molecule has 0 aliphatic rings. The van der Waals surface area contributed by atoms with Crippen LogP contribution < -0.4 is 14.2 Å². The third kappa shape index (κ3) is 6.56. The van der Waals surface area contributed by atoms with Gasteiger partial charge in [0.1, 0.15) is 17.2 Å². The Balaban J connectivity index is 1.12. The van der Waals surface area contributed by atoms with Crippen molar-refractivity contribution in [2.24, 2.45) is 0 Å². The Morgan fingerprint density at radius 2 is 0.536 bits per heavy atom. The standard InChI is InChI=1S/C63H45N3O3/c1-67-40-25-28-43(49-16-10-19-52-46-13-4-7-22-58(46)64-61(49)52)55(34-40)37-31-38(56-35-41(68-2)26-29-44(56)50-17-11-20-53-47-14-5-8-23-59(47)65-62(50)53)33-39(32-37)57-36-42(69-3)27-30-45(57)51-18-12-21-54-48-15-6-9-24-60(48)66-63(51)54/h4-36,64-66H,1-3H3. The van der Waals surface area contributed by atoms with Crippen molar-refractivity contribution in [3.8, 4) is 84.0 Å². The number of nitrogens with one attached hydrogen (secondary N) is 3. The van der Waals surface area contributed by atoms with Gasteiger partial charge in [-0.25, -0.2) is 0 Å². The predicted molar refractivity (Wildman–Crippen MR) is 287 cm³/mol. The molecule has 13 aromatic rings. The monoisotopic (exact) mass is 891 g/mol. The molecule has 0 bridgehead atoms. The molecule has 0 aliphatic heterocycles. The van der Waals surface area contributed by atoms with E-state index in [1.54, 1.807) is 21.3 Å². The van der Waals surface area contributed by atoms with Gasteiger partial charge in [0, 0.05) is 65.6 Å². The second-order valence-electron chi connectivity index (χ2n) is 17.7. The minimum atomic E-state index is 0.768. The number of aromatic amines is 3. The summed E-state index contributed by atoms with van der Waals surface area (Å²) >= 11 is 0. The molecular weight excluding hydrogens is 847 g/mol. The third-order valence-corrected chi connectivity index (χ3v) is 14.0. The predicted octanol–water partition coefficient (Wildman–Crippen LogP) is 16.6. The molecule has 0 saturated heterocycles. The number of H-pyrrole nitrogens is 3. The lowest BCUT2D eigenvalue weighted by molar-refractivity contribution is 0.415. The lowest BCUT2D eigenvalue weighted by Gasteiger charge is -2.20. The zero-order chi connectivity index (χ0) is 46.2. The molecule has 0 radical (unpaired) electrons. The smallest absolute Gasteiger partial charge is 0.119 e. The number of fused-ring (bicyclic) bond motifs is 9. The maximum absolute atomic E-state index is 6.03. The Hall–Kier alpha value is -9.00. The minimum Gasteiger partial charge on any atom is -0.497 e. The summed E-state index contributed by atoms with van der Waals surface area (Å²) in [4.78, 5) is 11.4. The number of rotatable bonds is 9. The maximum Gasteiger partial charge on any atom is 0.119 e. The van der Waals surface area contributed by atoms with Crippen LogP contribution in [0.15, 0.2) is 200 Å². The molecule has 13 rings (SSSR count). The van der Waals surface area contributed by atoms with Crippen LogP contribution in [-0.2, 0) is 0 Å². The first-order valence-corrected chi connectivity index (χ1v) is 23.2. The topological polar surface area (TPSA) is 75.1 Å². The molecule has 3 heterocycles. The van der Waals surface area contributed by atoms with Crippen molar-refractivity contribution in [1.82, 2.24) is 15.0 Å². The largest absolute Gasteiger partial charge is 0.497 e. The highest BCUT2D eigenvalue weighted by atomic mass is 16.5. The summed E-state index contributed by atoms with van der Waals surface area (Å²) in [7, 11) is 5.21. The molecule has 6 heteroatoms. The van der Waals surface area contributed by atoms with E-state index in [9.17, 15) is 0 Å². The summed E-state index contributed by atoms with van der Waals surface area (Å²) < 4.78 is 18.1. The summed E-state index contributed by atoms with van der Waals surface area (Å²) in [5, 5.41) is 7.12. The quantitative estimate of drug-likeness (QED) is 0.135. The highest BCUT2D eigenvalue weighted by Crippen LogP contribution is 2.47. The van der Waals surface area contributed by atoms with Gasteiger partial charge in [-0.3, -0.25) is 0 Å². The fourth-order valence-electron chi connectivity index (χ4n) is 10.8. The molecule has 0 aliphatic carbocycles. The highest BCUT2D eigenvalue weighted by Gasteiger charge is 2.22. The Kier molecular flexibility index (Phi) is 9.41. The summed E-state index contributed by atoms with van der Waals surface area (Å²) in [5.74, 6) is 2.30. The van der Waals surface area contributed by atoms with Crippen molar-refractivity contribution in [2.75, 3.05) is 21.3 Å². The van der Waals surface area contributed by atoms with E-state index in [0.29, 0.717) is 0 Å². The van der Waals surface area contributed by atoms with Gasteiger partial charge in [0.15, 0.2) is 0 Å². The molecule has 69 heavy (non-hydrogen) atoms.